The molecule has 0 bridgehead atoms. The lowest BCUT2D eigenvalue weighted by Crippen LogP contribution is -2.17. The van der Waals surface area contributed by atoms with Crippen LogP contribution < -0.4 is 10.1 Å². The lowest BCUT2D eigenvalue weighted by molar-refractivity contribution is 0.130. The molecule has 0 aromatic heterocycles. The first-order valence-corrected chi connectivity index (χ1v) is 4.73. The second-order valence-corrected chi connectivity index (χ2v) is 3.31. The molecule has 0 atom stereocenters. The second-order valence-electron chi connectivity index (χ2n) is 3.31. The number of ether oxygens (including phenoxy) is 2. The van der Waals surface area contributed by atoms with Crippen molar-refractivity contribution in [3.63, 3.8) is 0 Å². The van der Waals surface area contributed by atoms with E-state index in [2.05, 4.69) is 5.32 Å². The van der Waals surface area contributed by atoms with Gasteiger partial charge in [0.15, 0.2) is 0 Å². The van der Waals surface area contributed by atoms with E-state index in [0.717, 1.165) is 0 Å². The molecular weight excluding hydrogens is 194 g/mol. The molecule has 1 aromatic rings. The van der Waals surface area contributed by atoms with Crippen LogP contribution in [-0.4, -0.2) is 19.3 Å². The highest BCUT2D eigenvalue weighted by atomic mass is 16.6. The Balaban J connectivity index is 2.60. The average Bonchev–Trinajstić information content (AvgIpc) is 2.16. The van der Waals surface area contributed by atoms with E-state index in [-0.39, 0.29) is 6.10 Å². The van der Waals surface area contributed by atoms with Gasteiger partial charge in [0, 0.05) is 11.8 Å². The van der Waals surface area contributed by atoms with Gasteiger partial charge in [-0.15, -0.1) is 0 Å². The summed E-state index contributed by atoms with van der Waals surface area (Å²) >= 11 is 0. The molecule has 0 heterocycles. The highest BCUT2D eigenvalue weighted by Crippen LogP contribution is 2.16. The summed E-state index contributed by atoms with van der Waals surface area (Å²) in [6, 6.07) is 7.09. The lowest BCUT2D eigenvalue weighted by atomic mass is 10.3. The summed E-state index contributed by atoms with van der Waals surface area (Å²) in [7, 11) is 1.57. The van der Waals surface area contributed by atoms with Gasteiger partial charge in [-0.2, -0.15) is 0 Å². The summed E-state index contributed by atoms with van der Waals surface area (Å²) in [5.74, 6) is 0.692. The Kier molecular flexibility index (Phi) is 3.97. The van der Waals surface area contributed by atoms with Gasteiger partial charge in [0.2, 0.25) is 0 Å². The van der Waals surface area contributed by atoms with Crippen molar-refractivity contribution in [1.82, 2.24) is 0 Å². The molecule has 0 aliphatic heterocycles. The molecule has 0 aliphatic rings. The van der Waals surface area contributed by atoms with Gasteiger partial charge in [-0.25, -0.2) is 4.79 Å². The molecule has 0 radical (unpaired) electrons. The van der Waals surface area contributed by atoms with Crippen LogP contribution in [0.4, 0.5) is 10.5 Å². The smallest absolute Gasteiger partial charge is 0.411 e. The molecule has 0 unspecified atom stereocenters. The molecule has 0 spiro atoms. The Hall–Kier alpha value is -1.71. The molecule has 0 saturated heterocycles. The molecule has 1 rings (SSSR count). The maximum absolute atomic E-state index is 11.2. The van der Waals surface area contributed by atoms with Crippen molar-refractivity contribution < 1.29 is 14.3 Å². The van der Waals surface area contributed by atoms with Crippen molar-refractivity contribution in [2.75, 3.05) is 12.4 Å². The largest absolute Gasteiger partial charge is 0.497 e. The number of anilines is 1. The van der Waals surface area contributed by atoms with Crippen LogP contribution in [0.3, 0.4) is 0 Å². The lowest BCUT2D eigenvalue weighted by Gasteiger charge is -2.09. The Morgan fingerprint density at radius 2 is 2.13 bits per heavy atom. The number of carbonyl (C=O) groups excluding carboxylic acids is 1. The maximum Gasteiger partial charge on any atom is 0.411 e. The molecule has 1 N–H and O–H groups in total. The Labute approximate surface area is 89.2 Å². The summed E-state index contributed by atoms with van der Waals surface area (Å²) in [5, 5.41) is 2.61. The minimum atomic E-state index is -0.460. The van der Waals surface area contributed by atoms with Crippen molar-refractivity contribution in [1.29, 1.82) is 0 Å². The summed E-state index contributed by atoms with van der Waals surface area (Å²) < 4.78 is 9.96. The third-order valence-corrected chi connectivity index (χ3v) is 1.66. The van der Waals surface area contributed by atoms with Gasteiger partial charge in [-0.05, 0) is 26.0 Å². The van der Waals surface area contributed by atoms with Crippen LogP contribution in [0.1, 0.15) is 13.8 Å². The molecule has 15 heavy (non-hydrogen) atoms. The average molecular weight is 209 g/mol. The van der Waals surface area contributed by atoms with Crippen LogP contribution in [-0.2, 0) is 4.74 Å². The first-order valence-electron chi connectivity index (χ1n) is 4.73. The predicted molar refractivity (Wildman–Crippen MR) is 58.2 cm³/mol. The van der Waals surface area contributed by atoms with Gasteiger partial charge in [0.1, 0.15) is 5.75 Å². The molecular formula is C11H15NO3. The van der Waals surface area contributed by atoms with Crippen molar-refractivity contribution in [2.45, 2.75) is 20.0 Å². The third kappa shape index (κ3) is 3.89. The first kappa shape index (κ1) is 11.4. The van der Waals surface area contributed by atoms with Crippen LogP contribution in [0.2, 0.25) is 0 Å². The molecule has 0 aliphatic carbocycles. The summed E-state index contributed by atoms with van der Waals surface area (Å²) in [6.07, 6.45) is -0.589. The topological polar surface area (TPSA) is 47.6 Å². The standard InChI is InChI=1S/C11H15NO3/c1-8(2)15-11(13)12-9-5-4-6-10(7-9)14-3/h4-8H,1-3H3,(H,12,13). The fraction of sp³-hybridized carbons (Fsp3) is 0.364. The fourth-order valence-corrected chi connectivity index (χ4v) is 1.06. The molecule has 82 valence electrons. The van der Waals surface area contributed by atoms with Gasteiger partial charge in [0.25, 0.3) is 0 Å². The zero-order valence-electron chi connectivity index (χ0n) is 9.11. The minimum Gasteiger partial charge on any atom is -0.497 e. The zero-order valence-corrected chi connectivity index (χ0v) is 9.11. The molecule has 0 saturated carbocycles. The van der Waals surface area contributed by atoms with Gasteiger partial charge in [0.05, 0.1) is 13.2 Å². The normalized spacial score (nSPS) is 9.87. The van der Waals surface area contributed by atoms with Crippen molar-refractivity contribution in [2.24, 2.45) is 0 Å². The van der Waals surface area contributed by atoms with Gasteiger partial charge in [-0.1, -0.05) is 6.07 Å². The zero-order chi connectivity index (χ0) is 11.3. The quantitative estimate of drug-likeness (QED) is 0.832. The van der Waals surface area contributed by atoms with E-state index < -0.39 is 6.09 Å². The van der Waals surface area contributed by atoms with E-state index in [1.807, 2.05) is 0 Å². The number of rotatable bonds is 3. The Morgan fingerprint density at radius 1 is 1.40 bits per heavy atom. The van der Waals surface area contributed by atoms with Crippen LogP contribution in [0.15, 0.2) is 24.3 Å². The molecule has 1 amide bonds. The highest BCUT2D eigenvalue weighted by molar-refractivity contribution is 5.84. The minimum absolute atomic E-state index is 0.129. The summed E-state index contributed by atoms with van der Waals surface area (Å²) in [4.78, 5) is 11.2. The molecule has 4 heteroatoms. The van der Waals surface area contributed by atoms with Crippen LogP contribution >= 0.6 is 0 Å². The maximum atomic E-state index is 11.2. The van der Waals surface area contributed by atoms with E-state index in [4.69, 9.17) is 9.47 Å². The van der Waals surface area contributed by atoms with Crippen molar-refractivity contribution >= 4 is 11.8 Å². The predicted octanol–water partition coefficient (Wildman–Crippen LogP) is 2.65. The Bertz CT molecular complexity index is 336. The summed E-state index contributed by atoms with van der Waals surface area (Å²) in [6.45, 7) is 3.59. The van der Waals surface area contributed by atoms with Crippen LogP contribution in [0.5, 0.6) is 5.75 Å². The first-order chi connectivity index (χ1) is 7.11. The number of amides is 1. The third-order valence-electron chi connectivity index (χ3n) is 1.66. The van der Waals surface area contributed by atoms with E-state index in [9.17, 15) is 4.79 Å². The number of hydrogen-bond donors (Lipinski definition) is 1. The number of carbonyl (C=O) groups is 1. The number of methoxy groups -OCH3 is 1. The number of benzene rings is 1. The summed E-state index contributed by atoms with van der Waals surface area (Å²) in [5.41, 5.74) is 0.653. The Morgan fingerprint density at radius 3 is 2.73 bits per heavy atom. The van der Waals surface area contributed by atoms with Crippen molar-refractivity contribution in [3.05, 3.63) is 24.3 Å². The van der Waals surface area contributed by atoms with Crippen LogP contribution in [0, 0.1) is 0 Å². The van der Waals surface area contributed by atoms with Gasteiger partial charge in [-0.3, -0.25) is 5.32 Å². The second kappa shape index (κ2) is 5.24. The molecule has 0 fully saturated rings. The molecule has 4 nitrogen and oxygen atoms in total. The fourth-order valence-electron chi connectivity index (χ4n) is 1.06. The van der Waals surface area contributed by atoms with E-state index in [1.54, 1.807) is 45.2 Å². The van der Waals surface area contributed by atoms with E-state index in [1.165, 1.54) is 0 Å². The van der Waals surface area contributed by atoms with E-state index >= 15 is 0 Å². The van der Waals surface area contributed by atoms with Gasteiger partial charge < -0.3 is 9.47 Å². The van der Waals surface area contributed by atoms with Gasteiger partial charge >= 0.3 is 6.09 Å². The monoisotopic (exact) mass is 209 g/mol. The SMILES string of the molecule is COc1cccc(NC(=O)OC(C)C)c1. The highest BCUT2D eigenvalue weighted by Gasteiger charge is 2.05. The number of nitrogens with one attached hydrogen (secondary N) is 1. The van der Waals surface area contributed by atoms with E-state index in [0.29, 0.717) is 11.4 Å². The number of hydrogen-bond acceptors (Lipinski definition) is 3. The van der Waals surface area contributed by atoms with Crippen LogP contribution in [0.25, 0.3) is 0 Å². The van der Waals surface area contributed by atoms with Crippen molar-refractivity contribution in [3.8, 4) is 5.75 Å². The molecule has 1 aromatic carbocycles.